The summed E-state index contributed by atoms with van der Waals surface area (Å²) in [4.78, 5) is 5.03. The molecule has 1 unspecified atom stereocenters. The molecule has 2 aliphatic rings. The van der Waals surface area contributed by atoms with Crippen LogP contribution >= 0.6 is 0 Å². The molecule has 0 amide bonds. The lowest BCUT2D eigenvalue weighted by Gasteiger charge is -2.26. The van der Waals surface area contributed by atoms with Crippen LogP contribution in [-0.4, -0.2) is 26.0 Å². The smallest absolute Gasteiger partial charge is 0.241 e. The van der Waals surface area contributed by atoms with Crippen molar-refractivity contribution in [1.82, 2.24) is 9.71 Å². The Kier molecular flexibility index (Phi) is 4.53. The van der Waals surface area contributed by atoms with Crippen LogP contribution in [0.25, 0.3) is 10.8 Å². The van der Waals surface area contributed by atoms with E-state index in [1.165, 1.54) is 0 Å². The zero-order chi connectivity index (χ0) is 18.5. The number of benzene rings is 1. The molecule has 1 aromatic carbocycles. The molecule has 2 aromatic rings. The third-order valence-corrected chi connectivity index (χ3v) is 6.94. The number of hydrogen-bond donors (Lipinski definition) is 2. The van der Waals surface area contributed by atoms with Crippen LogP contribution in [0.5, 0.6) is 0 Å². The minimum atomic E-state index is -3.60. The molecule has 140 valence electrons. The molecule has 1 fully saturated rings. The summed E-state index contributed by atoms with van der Waals surface area (Å²) in [6.45, 7) is 4.44. The minimum Gasteiger partial charge on any atom is -0.327 e. The van der Waals surface area contributed by atoms with Crippen LogP contribution in [0.4, 0.5) is 0 Å². The van der Waals surface area contributed by atoms with Gasteiger partial charge in [-0.05, 0) is 61.3 Å². The van der Waals surface area contributed by atoms with Crippen molar-refractivity contribution in [2.75, 3.05) is 6.54 Å². The Balaban J connectivity index is 1.93. The molecule has 0 radical (unpaired) electrons. The first-order valence-electron chi connectivity index (χ1n) is 9.55. The lowest BCUT2D eigenvalue weighted by atomic mass is 9.87. The Hall–Kier alpha value is -1.50. The van der Waals surface area contributed by atoms with Crippen LogP contribution in [0.2, 0.25) is 0 Å². The number of aromatic nitrogens is 1. The number of sulfonamides is 1. The first-order chi connectivity index (χ1) is 12.3. The van der Waals surface area contributed by atoms with Gasteiger partial charge in [0.15, 0.2) is 0 Å². The van der Waals surface area contributed by atoms with E-state index in [-0.39, 0.29) is 12.0 Å². The number of nitrogens with zero attached hydrogens (tertiary/aromatic N) is 1. The van der Waals surface area contributed by atoms with Gasteiger partial charge >= 0.3 is 0 Å². The van der Waals surface area contributed by atoms with Gasteiger partial charge in [-0.3, -0.25) is 4.98 Å². The molecule has 26 heavy (non-hydrogen) atoms. The second-order valence-corrected chi connectivity index (χ2v) is 9.90. The van der Waals surface area contributed by atoms with Crippen molar-refractivity contribution in [3.05, 3.63) is 35.2 Å². The van der Waals surface area contributed by atoms with E-state index in [9.17, 15) is 8.42 Å². The van der Waals surface area contributed by atoms with Crippen molar-refractivity contribution in [3.8, 4) is 0 Å². The SMILES string of the molecule is CC(C)CNS(=O)(=O)c1c2c(cc3cnc(C4CC4)cc13)CCC(N)C2. The lowest BCUT2D eigenvalue weighted by Crippen LogP contribution is -2.33. The molecule has 0 spiro atoms. The number of pyridine rings is 1. The second-order valence-electron chi connectivity index (χ2n) is 8.20. The molecule has 1 atom stereocenters. The molecule has 0 bridgehead atoms. The average molecular weight is 374 g/mol. The van der Waals surface area contributed by atoms with Gasteiger partial charge in [0, 0.05) is 41.2 Å². The number of hydrogen-bond acceptors (Lipinski definition) is 4. The molecule has 4 rings (SSSR count). The van der Waals surface area contributed by atoms with Crippen molar-refractivity contribution in [2.24, 2.45) is 11.7 Å². The normalized spacial score (nSPS) is 20.5. The molecular formula is C20H27N3O2S. The van der Waals surface area contributed by atoms with E-state index in [0.717, 1.165) is 53.3 Å². The van der Waals surface area contributed by atoms with Gasteiger partial charge in [0.25, 0.3) is 0 Å². The molecule has 1 heterocycles. The third-order valence-electron chi connectivity index (χ3n) is 5.39. The molecule has 1 saturated carbocycles. The maximum atomic E-state index is 13.3. The minimum absolute atomic E-state index is 0.0174. The zero-order valence-corrected chi connectivity index (χ0v) is 16.3. The number of nitrogens with two attached hydrogens (primary N) is 1. The number of rotatable bonds is 5. The highest BCUT2D eigenvalue weighted by atomic mass is 32.2. The van der Waals surface area contributed by atoms with E-state index in [0.29, 0.717) is 23.8 Å². The van der Waals surface area contributed by atoms with E-state index >= 15 is 0 Å². The van der Waals surface area contributed by atoms with Crippen LogP contribution in [0.15, 0.2) is 23.2 Å². The zero-order valence-electron chi connectivity index (χ0n) is 15.5. The van der Waals surface area contributed by atoms with Crippen LogP contribution in [-0.2, 0) is 22.9 Å². The Bertz CT molecular complexity index is 949. The van der Waals surface area contributed by atoms with Crippen LogP contribution in [0, 0.1) is 5.92 Å². The molecule has 5 nitrogen and oxygen atoms in total. The van der Waals surface area contributed by atoms with E-state index in [1.54, 1.807) is 0 Å². The predicted molar refractivity (Wildman–Crippen MR) is 104 cm³/mol. The van der Waals surface area contributed by atoms with E-state index in [2.05, 4.69) is 15.8 Å². The average Bonchev–Trinajstić information content (AvgIpc) is 3.42. The van der Waals surface area contributed by atoms with Gasteiger partial charge < -0.3 is 5.73 Å². The Morgan fingerprint density at radius 2 is 2.04 bits per heavy atom. The molecule has 0 aliphatic heterocycles. The largest absolute Gasteiger partial charge is 0.327 e. The van der Waals surface area contributed by atoms with Crippen molar-refractivity contribution >= 4 is 20.8 Å². The number of nitrogens with one attached hydrogen (secondary N) is 1. The molecule has 3 N–H and O–H groups in total. The van der Waals surface area contributed by atoms with E-state index in [1.807, 2.05) is 26.1 Å². The first kappa shape index (κ1) is 17.9. The summed E-state index contributed by atoms with van der Waals surface area (Å²) >= 11 is 0. The Labute approximate surface area is 155 Å². The second kappa shape index (κ2) is 6.59. The fourth-order valence-corrected chi connectivity index (χ4v) is 5.49. The molecular weight excluding hydrogens is 346 g/mol. The van der Waals surface area contributed by atoms with Gasteiger partial charge in [0.05, 0.1) is 4.90 Å². The topological polar surface area (TPSA) is 85.1 Å². The highest BCUT2D eigenvalue weighted by Gasteiger charge is 2.30. The highest BCUT2D eigenvalue weighted by molar-refractivity contribution is 7.89. The fourth-order valence-electron chi connectivity index (χ4n) is 3.79. The first-order valence-corrected chi connectivity index (χ1v) is 11.0. The summed E-state index contributed by atoms with van der Waals surface area (Å²) in [6.07, 6.45) is 6.46. The van der Waals surface area contributed by atoms with E-state index in [4.69, 9.17) is 5.73 Å². The summed E-state index contributed by atoms with van der Waals surface area (Å²) in [5, 5.41) is 1.71. The molecule has 6 heteroatoms. The Morgan fingerprint density at radius 3 is 2.73 bits per heavy atom. The summed E-state index contributed by atoms with van der Waals surface area (Å²) in [5.41, 5.74) is 9.21. The molecule has 1 aromatic heterocycles. The fraction of sp³-hybridized carbons (Fsp3) is 0.550. The van der Waals surface area contributed by atoms with Crippen molar-refractivity contribution < 1.29 is 8.42 Å². The van der Waals surface area contributed by atoms with Crippen LogP contribution in [0.3, 0.4) is 0 Å². The van der Waals surface area contributed by atoms with Crippen molar-refractivity contribution in [1.29, 1.82) is 0 Å². The summed E-state index contributed by atoms with van der Waals surface area (Å²) in [6, 6.07) is 4.13. The monoisotopic (exact) mass is 373 g/mol. The predicted octanol–water partition coefficient (Wildman–Crippen LogP) is 2.86. The van der Waals surface area contributed by atoms with Gasteiger partial charge in [-0.15, -0.1) is 0 Å². The van der Waals surface area contributed by atoms with Gasteiger partial charge in [-0.25, -0.2) is 13.1 Å². The highest BCUT2D eigenvalue weighted by Crippen LogP contribution is 2.41. The van der Waals surface area contributed by atoms with Gasteiger partial charge in [-0.1, -0.05) is 13.8 Å². The Morgan fingerprint density at radius 1 is 1.27 bits per heavy atom. The lowest BCUT2D eigenvalue weighted by molar-refractivity contribution is 0.549. The maximum absolute atomic E-state index is 13.3. The van der Waals surface area contributed by atoms with Crippen molar-refractivity contribution in [2.45, 2.75) is 62.8 Å². The van der Waals surface area contributed by atoms with Gasteiger partial charge in [0.2, 0.25) is 10.0 Å². The van der Waals surface area contributed by atoms with E-state index < -0.39 is 10.0 Å². The molecule has 2 aliphatic carbocycles. The summed E-state index contributed by atoms with van der Waals surface area (Å²) in [7, 11) is -3.60. The standard InChI is InChI=1S/C20H27N3O2S/c1-12(2)10-23-26(24,25)20-17-8-16(21)6-5-14(17)7-15-11-22-19(9-18(15)20)13-3-4-13/h7,9,11-13,16,23H,3-6,8,10,21H2,1-2H3. The van der Waals surface area contributed by atoms with Crippen molar-refractivity contribution in [3.63, 3.8) is 0 Å². The number of aryl methyl sites for hydroxylation is 1. The summed E-state index contributed by atoms with van der Waals surface area (Å²) in [5.74, 6) is 0.735. The third kappa shape index (κ3) is 3.38. The molecule has 0 saturated heterocycles. The van der Waals surface area contributed by atoms with Gasteiger partial charge in [0.1, 0.15) is 0 Å². The quantitative estimate of drug-likeness (QED) is 0.844. The number of fused-ring (bicyclic) bond motifs is 2. The van der Waals surface area contributed by atoms with Gasteiger partial charge in [-0.2, -0.15) is 0 Å². The van der Waals surface area contributed by atoms with Crippen LogP contribution in [0.1, 0.15) is 55.8 Å². The van der Waals surface area contributed by atoms with Crippen LogP contribution < -0.4 is 10.5 Å². The summed E-state index contributed by atoms with van der Waals surface area (Å²) < 4.78 is 29.3. The maximum Gasteiger partial charge on any atom is 0.241 e.